The van der Waals surface area contributed by atoms with Crippen molar-refractivity contribution in [2.75, 3.05) is 17.7 Å². The van der Waals surface area contributed by atoms with Crippen molar-refractivity contribution in [3.63, 3.8) is 0 Å². The first-order chi connectivity index (χ1) is 9.72. The van der Waals surface area contributed by atoms with Gasteiger partial charge in [-0.1, -0.05) is 0 Å². The Morgan fingerprint density at radius 3 is 2.95 bits per heavy atom. The summed E-state index contributed by atoms with van der Waals surface area (Å²) in [7, 11) is 1.91. The number of hydrogen-bond acceptors (Lipinski definition) is 5. The lowest BCUT2D eigenvalue weighted by molar-refractivity contribution is 0.290. The van der Waals surface area contributed by atoms with Gasteiger partial charge in [-0.2, -0.15) is 10.1 Å². The number of ether oxygens (including phenoxy) is 1. The molecule has 0 saturated heterocycles. The van der Waals surface area contributed by atoms with Gasteiger partial charge in [0.15, 0.2) is 0 Å². The monoisotopic (exact) mass is 273 g/mol. The second-order valence-corrected chi connectivity index (χ2v) is 5.14. The Morgan fingerprint density at radius 1 is 1.40 bits per heavy atom. The van der Waals surface area contributed by atoms with Gasteiger partial charge in [-0.3, -0.25) is 4.68 Å². The summed E-state index contributed by atoms with van der Waals surface area (Å²) in [4.78, 5) is 4.41. The summed E-state index contributed by atoms with van der Waals surface area (Å²) in [5.41, 5.74) is 7.55. The SMILES string of the molecule is Cn1nccc1CNc1ccc(N)c(OCC2CC2)n1. The minimum Gasteiger partial charge on any atom is -0.476 e. The summed E-state index contributed by atoms with van der Waals surface area (Å²) in [6, 6.07) is 5.64. The molecule has 3 rings (SSSR count). The van der Waals surface area contributed by atoms with Gasteiger partial charge in [0.05, 0.1) is 24.5 Å². The smallest absolute Gasteiger partial charge is 0.239 e. The van der Waals surface area contributed by atoms with E-state index in [0.29, 0.717) is 30.6 Å². The van der Waals surface area contributed by atoms with Crippen LogP contribution in [0.2, 0.25) is 0 Å². The number of nitrogens with two attached hydrogens (primary N) is 1. The van der Waals surface area contributed by atoms with Gasteiger partial charge in [0, 0.05) is 13.2 Å². The number of hydrogen-bond donors (Lipinski definition) is 2. The molecule has 0 unspecified atom stereocenters. The number of pyridine rings is 1. The molecule has 1 aliphatic carbocycles. The molecule has 0 radical (unpaired) electrons. The number of aromatic nitrogens is 3. The molecule has 6 nitrogen and oxygen atoms in total. The maximum Gasteiger partial charge on any atom is 0.239 e. The molecule has 0 spiro atoms. The fourth-order valence-corrected chi connectivity index (χ4v) is 1.90. The minimum absolute atomic E-state index is 0.520. The van der Waals surface area contributed by atoms with Gasteiger partial charge >= 0.3 is 0 Å². The average molecular weight is 273 g/mol. The predicted octanol–water partition coefficient (Wildman–Crippen LogP) is 1.80. The normalized spacial score (nSPS) is 14.2. The van der Waals surface area contributed by atoms with Gasteiger partial charge in [0.25, 0.3) is 0 Å². The van der Waals surface area contributed by atoms with Crippen LogP contribution in [-0.2, 0) is 13.6 Å². The fraction of sp³-hybridized carbons (Fsp3) is 0.429. The molecule has 20 heavy (non-hydrogen) atoms. The molecule has 2 aromatic heterocycles. The lowest BCUT2D eigenvalue weighted by Gasteiger charge is -2.10. The van der Waals surface area contributed by atoms with Gasteiger partial charge < -0.3 is 15.8 Å². The van der Waals surface area contributed by atoms with Crippen LogP contribution in [0.5, 0.6) is 5.88 Å². The van der Waals surface area contributed by atoms with Crippen LogP contribution >= 0.6 is 0 Å². The maximum atomic E-state index is 5.88. The minimum atomic E-state index is 0.520. The molecule has 0 aromatic carbocycles. The van der Waals surface area contributed by atoms with E-state index in [4.69, 9.17) is 10.5 Å². The molecule has 0 amide bonds. The van der Waals surface area contributed by atoms with E-state index in [1.54, 1.807) is 6.20 Å². The molecule has 106 valence electrons. The molecular weight excluding hydrogens is 254 g/mol. The first kappa shape index (κ1) is 12.8. The van der Waals surface area contributed by atoms with Crippen molar-refractivity contribution in [3.8, 4) is 5.88 Å². The lowest BCUT2D eigenvalue weighted by atomic mass is 10.3. The van der Waals surface area contributed by atoms with Crippen LogP contribution in [-0.4, -0.2) is 21.4 Å². The van der Waals surface area contributed by atoms with Crippen LogP contribution in [0.3, 0.4) is 0 Å². The highest BCUT2D eigenvalue weighted by molar-refractivity contribution is 5.53. The standard InChI is InChI=1S/C14H19N5O/c1-19-11(6-7-17-19)8-16-13-5-4-12(15)14(18-13)20-9-10-2-3-10/h4-7,10H,2-3,8-9,15H2,1H3,(H,16,18). The number of rotatable bonds is 6. The van der Waals surface area contributed by atoms with Crippen molar-refractivity contribution < 1.29 is 4.74 Å². The van der Waals surface area contributed by atoms with E-state index in [-0.39, 0.29) is 0 Å². The largest absolute Gasteiger partial charge is 0.476 e. The summed E-state index contributed by atoms with van der Waals surface area (Å²) < 4.78 is 7.50. The molecule has 6 heteroatoms. The summed E-state index contributed by atoms with van der Waals surface area (Å²) in [6.45, 7) is 1.37. The van der Waals surface area contributed by atoms with E-state index in [9.17, 15) is 0 Å². The number of nitrogens with one attached hydrogen (secondary N) is 1. The zero-order chi connectivity index (χ0) is 13.9. The Hall–Kier alpha value is -2.24. The maximum absolute atomic E-state index is 5.88. The predicted molar refractivity (Wildman–Crippen MR) is 77.4 cm³/mol. The lowest BCUT2D eigenvalue weighted by Crippen LogP contribution is -2.08. The van der Waals surface area contributed by atoms with Crippen LogP contribution in [0.1, 0.15) is 18.5 Å². The third kappa shape index (κ3) is 3.01. The highest BCUT2D eigenvalue weighted by Crippen LogP contribution is 2.30. The summed E-state index contributed by atoms with van der Waals surface area (Å²) in [5, 5.41) is 7.38. The second kappa shape index (κ2) is 5.40. The van der Waals surface area contributed by atoms with Crippen LogP contribution in [0, 0.1) is 5.92 Å². The van der Waals surface area contributed by atoms with Gasteiger partial charge in [0.1, 0.15) is 5.82 Å². The van der Waals surface area contributed by atoms with E-state index < -0.39 is 0 Å². The Morgan fingerprint density at radius 2 is 2.25 bits per heavy atom. The zero-order valence-corrected chi connectivity index (χ0v) is 11.5. The van der Waals surface area contributed by atoms with Crippen LogP contribution in [0.15, 0.2) is 24.4 Å². The van der Waals surface area contributed by atoms with E-state index in [0.717, 1.165) is 11.5 Å². The third-order valence-corrected chi connectivity index (χ3v) is 3.42. The molecule has 0 bridgehead atoms. The highest BCUT2D eigenvalue weighted by Gasteiger charge is 2.22. The van der Waals surface area contributed by atoms with Crippen LogP contribution in [0.25, 0.3) is 0 Å². The fourth-order valence-electron chi connectivity index (χ4n) is 1.90. The summed E-state index contributed by atoms with van der Waals surface area (Å²) in [6.07, 6.45) is 4.27. The van der Waals surface area contributed by atoms with Gasteiger partial charge in [0.2, 0.25) is 5.88 Å². The molecule has 0 aliphatic heterocycles. The van der Waals surface area contributed by atoms with Gasteiger partial charge in [-0.15, -0.1) is 0 Å². The Kier molecular flexibility index (Phi) is 3.45. The molecule has 1 aliphatic rings. The highest BCUT2D eigenvalue weighted by atomic mass is 16.5. The first-order valence-corrected chi connectivity index (χ1v) is 6.82. The molecule has 1 fully saturated rings. The molecular formula is C14H19N5O. The molecule has 2 aromatic rings. The molecule has 0 atom stereocenters. The van der Waals surface area contributed by atoms with Crippen molar-refractivity contribution in [2.24, 2.45) is 13.0 Å². The Bertz CT molecular complexity index is 591. The third-order valence-electron chi connectivity index (χ3n) is 3.42. The van der Waals surface area contributed by atoms with Crippen molar-refractivity contribution in [1.29, 1.82) is 0 Å². The Balaban J connectivity index is 1.63. The van der Waals surface area contributed by atoms with E-state index in [2.05, 4.69) is 15.4 Å². The average Bonchev–Trinajstić information content (AvgIpc) is 3.18. The summed E-state index contributed by atoms with van der Waals surface area (Å²) >= 11 is 0. The van der Waals surface area contributed by atoms with Crippen molar-refractivity contribution in [2.45, 2.75) is 19.4 Å². The van der Waals surface area contributed by atoms with Gasteiger partial charge in [-0.25, -0.2) is 0 Å². The quantitative estimate of drug-likeness (QED) is 0.839. The Labute approximate surface area is 118 Å². The van der Waals surface area contributed by atoms with E-state index in [1.165, 1.54) is 12.8 Å². The number of anilines is 2. The summed E-state index contributed by atoms with van der Waals surface area (Å²) in [5.74, 6) is 1.96. The van der Waals surface area contributed by atoms with E-state index in [1.807, 2.05) is 29.9 Å². The number of aryl methyl sites for hydroxylation is 1. The zero-order valence-electron chi connectivity index (χ0n) is 11.5. The molecule has 1 saturated carbocycles. The molecule has 3 N–H and O–H groups in total. The van der Waals surface area contributed by atoms with Crippen molar-refractivity contribution in [3.05, 3.63) is 30.1 Å². The van der Waals surface area contributed by atoms with Crippen LogP contribution in [0.4, 0.5) is 11.5 Å². The van der Waals surface area contributed by atoms with Crippen molar-refractivity contribution >= 4 is 11.5 Å². The van der Waals surface area contributed by atoms with Gasteiger partial charge in [-0.05, 0) is 37.0 Å². The van der Waals surface area contributed by atoms with Crippen LogP contribution < -0.4 is 15.8 Å². The topological polar surface area (TPSA) is 78.0 Å². The number of nitrogen functional groups attached to an aromatic ring is 1. The molecule has 2 heterocycles. The second-order valence-electron chi connectivity index (χ2n) is 5.14. The first-order valence-electron chi connectivity index (χ1n) is 6.82. The van der Waals surface area contributed by atoms with Crippen molar-refractivity contribution in [1.82, 2.24) is 14.8 Å². The number of nitrogens with zero attached hydrogens (tertiary/aromatic N) is 3. The van der Waals surface area contributed by atoms with E-state index >= 15 is 0 Å².